The summed E-state index contributed by atoms with van der Waals surface area (Å²) < 4.78 is 32.7. The van der Waals surface area contributed by atoms with Crippen molar-refractivity contribution in [2.24, 2.45) is 0 Å². The van der Waals surface area contributed by atoms with E-state index in [1.54, 1.807) is 73.7 Å². The minimum Gasteiger partial charge on any atom is -0.341 e. The number of aromatic nitrogens is 2. The van der Waals surface area contributed by atoms with E-state index >= 15 is 0 Å². The lowest BCUT2D eigenvalue weighted by molar-refractivity contribution is 0.0932. The van der Waals surface area contributed by atoms with Crippen LogP contribution in [0.25, 0.3) is 11.4 Å². The largest absolute Gasteiger partial charge is 0.341 e. The predicted molar refractivity (Wildman–Crippen MR) is 119 cm³/mol. The van der Waals surface area contributed by atoms with Gasteiger partial charge in [0.2, 0.25) is 11.7 Å². The van der Waals surface area contributed by atoms with Crippen molar-refractivity contribution in [3.63, 3.8) is 0 Å². The van der Waals surface area contributed by atoms with Crippen molar-refractivity contribution >= 4 is 21.6 Å². The van der Waals surface area contributed by atoms with Crippen molar-refractivity contribution in [3.8, 4) is 11.4 Å². The van der Waals surface area contributed by atoms with Gasteiger partial charge in [-0.1, -0.05) is 41.6 Å². The molecule has 0 fully saturated rings. The Morgan fingerprint density at radius 1 is 0.906 bits per heavy atom. The quantitative estimate of drug-likeness (QED) is 0.441. The van der Waals surface area contributed by atoms with Crippen LogP contribution in [0.1, 0.15) is 29.2 Å². The summed E-state index contributed by atoms with van der Waals surface area (Å²) in [6, 6.07) is 23.1. The molecular weight excluding hydrogens is 428 g/mol. The molecule has 3 aromatic carbocycles. The fourth-order valence-electron chi connectivity index (χ4n) is 2.96. The zero-order chi connectivity index (χ0) is 22.6. The summed E-state index contributed by atoms with van der Waals surface area (Å²) in [5, 5.41) is 6.78. The Morgan fingerprint density at radius 3 is 2.19 bits per heavy atom. The summed E-state index contributed by atoms with van der Waals surface area (Å²) in [6.45, 7) is 1.75. The van der Waals surface area contributed by atoms with Crippen molar-refractivity contribution in [2.75, 3.05) is 4.72 Å². The average Bonchev–Trinajstić information content (AvgIpc) is 3.31. The number of amides is 1. The van der Waals surface area contributed by atoms with Gasteiger partial charge in [0.05, 0.1) is 4.90 Å². The van der Waals surface area contributed by atoms with Crippen LogP contribution in [-0.2, 0) is 10.0 Å². The number of hydrogen-bond donors (Lipinski definition) is 2. The van der Waals surface area contributed by atoms with Gasteiger partial charge in [-0.2, -0.15) is 4.98 Å². The van der Waals surface area contributed by atoms with E-state index in [9.17, 15) is 13.2 Å². The summed E-state index contributed by atoms with van der Waals surface area (Å²) in [5.74, 6) is 0.351. The van der Waals surface area contributed by atoms with E-state index in [4.69, 9.17) is 4.52 Å². The molecule has 1 aromatic heterocycles. The van der Waals surface area contributed by atoms with Crippen LogP contribution in [0.15, 0.2) is 94.3 Å². The van der Waals surface area contributed by atoms with Gasteiger partial charge in [-0.15, -0.1) is 0 Å². The average molecular weight is 449 g/mol. The number of rotatable bonds is 7. The topological polar surface area (TPSA) is 114 Å². The van der Waals surface area contributed by atoms with Gasteiger partial charge in [0.25, 0.3) is 15.9 Å². The second-order valence-corrected chi connectivity index (χ2v) is 8.70. The number of anilines is 1. The number of benzene rings is 3. The van der Waals surface area contributed by atoms with Crippen LogP contribution in [-0.4, -0.2) is 24.5 Å². The van der Waals surface area contributed by atoms with E-state index in [1.165, 1.54) is 12.1 Å². The molecule has 0 aliphatic carbocycles. The molecule has 0 radical (unpaired) electrons. The normalized spacial score (nSPS) is 12.2. The molecular formula is C23H20N4O4S. The van der Waals surface area contributed by atoms with Crippen LogP contribution in [0.4, 0.5) is 5.69 Å². The minimum atomic E-state index is -3.67. The van der Waals surface area contributed by atoms with Gasteiger partial charge in [-0.05, 0) is 55.5 Å². The third kappa shape index (κ3) is 4.84. The van der Waals surface area contributed by atoms with Crippen molar-refractivity contribution in [3.05, 3.63) is 96.4 Å². The zero-order valence-corrected chi connectivity index (χ0v) is 17.9. The Kier molecular flexibility index (Phi) is 6.00. The van der Waals surface area contributed by atoms with E-state index in [1.807, 2.05) is 6.07 Å². The van der Waals surface area contributed by atoms with Crippen molar-refractivity contribution < 1.29 is 17.7 Å². The maximum Gasteiger partial charge on any atom is 0.261 e. The Bertz CT molecular complexity index is 1310. The molecule has 4 aromatic rings. The van der Waals surface area contributed by atoms with Gasteiger partial charge in [0.1, 0.15) is 6.04 Å². The minimum absolute atomic E-state index is 0.179. The van der Waals surface area contributed by atoms with Gasteiger partial charge in [-0.3, -0.25) is 9.52 Å². The SMILES string of the molecule is CC(NC(=O)c1ccccc1)c1nc(-c2ccc(NS(=O)(=O)c3ccccc3)cc2)no1. The highest BCUT2D eigenvalue weighted by Crippen LogP contribution is 2.22. The highest BCUT2D eigenvalue weighted by Gasteiger charge is 2.18. The van der Waals surface area contributed by atoms with Crippen LogP contribution in [0.5, 0.6) is 0 Å². The van der Waals surface area contributed by atoms with E-state index in [0.29, 0.717) is 22.6 Å². The predicted octanol–water partition coefficient (Wildman–Crippen LogP) is 4.03. The lowest BCUT2D eigenvalue weighted by atomic mass is 10.2. The van der Waals surface area contributed by atoms with E-state index < -0.39 is 16.1 Å². The Balaban J connectivity index is 1.43. The molecule has 0 saturated heterocycles. The number of nitrogens with zero attached hydrogens (tertiary/aromatic N) is 2. The summed E-state index contributed by atoms with van der Waals surface area (Å²) in [4.78, 5) is 16.8. The Hall–Kier alpha value is -3.98. The van der Waals surface area contributed by atoms with Gasteiger partial charge >= 0.3 is 0 Å². The van der Waals surface area contributed by atoms with Crippen molar-refractivity contribution in [1.29, 1.82) is 0 Å². The molecule has 32 heavy (non-hydrogen) atoms. The van der Waals surface area contributed by atoms with Crippen LogP contribution in [0.2, 0.25) is 0 Å². The lowest BCUT2D eigenvalue weighted by Crippen LogP contribution is -2.26. The molecule has 0 saturated carbocycles. The standard InChI is InChI=1S/C23H20N4O4S/c1-16(24-22(28)18-8-4-2-5-9-18)23-25-21(26-31-23)17-12-14-19(15-13-17)27-32(29,30)20-10-6-3-7-11-20/h2-16,27H,1H3,(H,24,28). The first-order valence-corrected chi connectivity index (χ1v) is 11.3. The second kappa shape index (κ2) is 9.03. The Morgan fingerprint density at radius 2 is 1.53 bits per heavy atom. The first-order valence-electron chi connectivity index (χ1n) is 9.80. The maximum absolute atomic E-state index is 12.4. The molecule has 8 nitrogen and oxygen atoms in total. The molecule has 0 spiro atoms. The number of sulfonamides is 1. The van der Waals surface area contributed by atoms with Gasteiger partial charge in [-0.25, -0.2) is 8.42 Å². The Labute approximate surface area is 185 Å². The fourth-order valence-corrected chi connectivity index (χ4v) is 4.04. The molecule has 1 amide bonds. The number of hydrogen-bond acceptors (Lipinski definition) is 6. The molecule has 2 N–H and O–H groups in total. The molecule has 162 valence electrons. The number of nitrogens with one attached hydrogen (secondary N) is 2. The van der Waals surface area contributed by atoms with E-state index in [-0.39, 0.29) is 16.7 Å². The number of carbonyl (C=O) groups is 1. The summed E-state index contributed by atoms with van der Waals surface area (Å²) >= 11 is 0. The molecule has 0 aliphatic heterocycles. The maximum atomic E-state index is 12.4. The van der Waals surface area contributed by atoms with Gasteiger partial charge in [0.15, 0.2) is 0 Å². The summed E-state index contributed by atoms with van der Waals surface area (Å²) in [7, 11) is -3.67. The highest BCUT2D eigenvalue weighted by atomic mass is 32.2. The molecule has 9 heteroatoms. The second-order valence-electron chi connectivity index (χ2n) is 7.01. The summed E-state index contributed by atoms with van der Waals surface area (Å²) in [6.07, 6.45) is 0. The molecule has 4 rings (SSSR count). The number of carbonyl (C=O) groups excluding carboxylic acids is 1. The zero-order valence-electron chi connectivity index (χ0n) is 17.1. The smallest absolute Gasteiger partial charge is 0.261 e. The van der Waals surface area contributed by atoms with Crippen LogP contribution in [0.3, 0.4) is 0 Å². The van der Waals surface area contributed by atoms with Gasteiger partial charge < -0.3 is 9.84 Å². The summed E-state index contributed by atoms with van der Waals surface area (Å²) in [5.41, 5.74) is 1.58. The van der Waals surface area contributed by atoms with E-state index in [2.05, 4.69) is 20.2 Å². The highest BCUT2D eigenvalue weighted by molar-refractivity contribution is 7.92. The molecule has 1 unspecified atom stereocenters. The lowest BCUT2D eigenvalue weighted by Gasteiger charge is -2.09. The van der Waals surface area contributed by atoms with Crippen LogP contribution < -0.4 is 10.0 Å². The monoisotopic (exact) mass is 448 g/mol. The molecule has 0 bridgehead atoms. The third-order valence-electron chi connectivity index (χ3n) is 4.64. The van der Waals surface area contributed by atoms with Crippen LogP contribution in [0, 0.1) is 0 Å². The van der Waals surface area contributed by atoms with Crippen molar-refractivity contribution in [2.45, 2.75) is 17.9 Å². The molecule has 1 heterocycles. The fraction of sp³-hybridized carbons (Fsp3) is 0.0870. The van der Waals surface area contributed by atoms with Crippen LogP contribution >= 0.6 is 0 Å². The molecule has 1 atom stereocenters. The van der Waals surface area contributed by atoms with Crippen molar-refractivity contribution in [1.82, 2.24) is 15.5 Å². The van der Waals surface area contributed by atoms with Gasteiger partial charge in [0, 0.05) is 16.8 Å². The first-order chi connectivity index (χ1) is 15.4. The first kappa shape index (κ1) is 21.3. The molecule has 0 aliphatic rings. The third-order valence-corrected chi connectivity index (χ3v) is 6.04. The van der Waals surface area contributed by atoms with E-state index in [0.717, 1.165) is 0 Å².